The minimum Gasteiger partial charge on any atom is -0.256 e. The number of pyridine rings is 1. The second kappa shape index (κ2) is 5.03. The van der Waals surface area contributed by atoms with Gasteiger partial charge in [-0.3, -0.25) is 4.98 Å². The van der Waals surface area contributed by atoms with Crippen LogP contribution in [0.5, 0.6) is 0 Å². The van der Waals surface area contributed by atoms with Crippen LogP contribution in [-0.4, -0.2) is 4.98 Å². The lowest BCUT2D eigenvalue weighted by Gasteiger charge is -2.13. The van der Waals surface area contributed by atoms with Crippen LogP contribution in [-0.2, 0) is 0 Å². The van der Waals surface area contributed by atoms with E-state index in [1.165, 1.54) is 48.5 Å². The lowest BCUT2D eigenvalue weighted by molar-refractivity contribution is 1.43. The first-order chi connectivity index (χ1) is 12.9. The molecule has 1 heterocycles. The molecule has 0 saturated carbocycles. The molecular formula is C25H15N. The molecule has 0 radical (unpaired) electrons. The van der Waals surface area contributed by atoms with Gasteiger partial charge < -0.3 is 0 Å². The van der Waals surface area contributed by atoms with E-state index in [-0.39, 0.29) is 0 Å². The van der Waals surface area contributed by atoms with Crippen molar-refractivity contribution < 1.29 is 0 Å². The fourth-order valence-corrected chi connectivity index (χ4v) is 4.34. The molecule has 0 fully saturated rings. The minimum absolute atomic E-state index is 1.09. The van der Waals surface area contributed by atoms with Crippen molar-refractivity contribution in [2.75, 3.05) is 0 Å². The molecule has 0 atom stereocenters. The summed E-state index contributed by atoms with van der Waals surface area (Å²) in [6.07, 6.45) is 1.90. The van der Waals surface area contributed by atoms with Gasteiger partial charge in [-0.2, -0.15) is 0 Å². The summed E-state index contributed by atoms with van der Waals surface area (Å²) in [7, 11) is 0. The normalized spacial score (nSPS) is 11.8. The second-order valence-electron chi connectivity index (χ2n) is 6.82. The first-order valence-corrected chi connectivity index (χ1v) is 8.91. The van der Waals surface area contributed by atoms with Gasteiger partial charge in [0, 0.05) is 17.0 Å². The van der Waals surface area contributed by atoms with Gasteiger partial charge in [-0.25, -0.2) is 0 Å². The van der Waals surface area contributed by atoms with Crippen molar-refractivity contribution in [1.82, 2.24) is 4.98 Å². The smallest absolute Gasteiger partial charge is 0.0793 e. The summed E-state index contributed by atoms with van der Waals surface area (Å²) in [6.45, 7) is 0. The zero-order valence-corrected chi connectivity index (χ0v) is 14.1. The van der Waals surface area contributed by atoms with Crippen molar-refractivity contribution in [3.63, 3.8) is 0 Å². The maximum absolute atomic E-state index is 4.82. The zero-order valence-electron chi connectivity index (χ0n) is 14.1. The van der Waals surface area contributed by atoms with E-state index in [1.54, 1.807) is 0 Å². The average Bonchev–Trinajstić information content (AvgIpc) is 2.73. The molecule has 0 N–H and O–H groups in total. The number of benzene rings is 5. The van der Waals surface area contributed by atoms with Gasteiger partial charge in [0.15, 0.2) is 0 Å². The molecule has 0 saturated heterocycles. The third-order valence-electron chi connectivity index (χ3n) is 5.46. The predicted molar refractivity (Wildman–Crippen MR) is 112 cm³/mol. The lowest BCUT2D eigenvalue weighted by Crippen LogP contribution is -1.88. The Morgan fingerprint density at radius 1 is 0.423 bits per heavy atom. The molecule has 0 aliphatic rings. The molecule has 26 heavy (non-hydrogen) atoms. The van der Waals surface area contributed by atoms with Crippen molar-refractivity contribution in [3.05, 3.63) is 91.1 Å². The molecule has 120 valence electrons. The molecule has 6 aromatic rings. The van der Waals surface area contributed by atoms with Crippen molar-refractivity contribution in [2.45, 2.75) is 0 Å². The number of nitrogens with zero attached hydrogens (tertiary/aromatic N) is 1. The second-order valence-corrected chi connectivity index (χ2v) is 6.82. The van der Waals surface area contributed by atoms with Gasteiger partial charge in [-0.1, -0.05) is 78.9 Å². The SMILES string of the molecule is c1ccc2c(c1)ccc1c3ccc4ccccc4c3c3ncccc3c21. The fraction of sp³-hybridized carbons (Fsp3) is 0. The van der Waals surface area contributed by atoms with Gasteiger partial charge in [-0.15, -0.1) is 0 Å². The van der Waals surface area contributed by atoms with Crippen LogP contribution in [0, 0.1) is 0 Å². The Balaban J connectivity index is 2.04. The Bertz CT molecular complexity index is 1340. The Hall–Kier alpha value is -3.45. The lowest BCUT2D eigenvalue weighted by atomic mass is 9.91. The van der Waals surface area contributed by atoms with E-state index in [1.807, 2.05) is 12.3 Å². The van der Waals surface area contributed by atoms with E-state index in [9.17, 15) is 0 Å². The molecule has 0 bridgehead atoms. The standard InChI is InChI=1S/C25H15N/c1-3-8-18-16(6-1)11-13-20-21-14-12-17-7-2-4-9-19(17)24(21)25-22(23(18)20)10-5-15-26-25/h1-15H. The third-order valence-corrected chi connectivity index (χ3v) is 5.46. The van der Waals surface area contributed by atoms with Gasteiger partial charge in [0.2, 0.25) is 0 Å². The molecule has 0 spiro atoms. The van der Waals surface area contributed by atoms with E-state index < -0.39 is 0 Å². The molecule has 1 aromatic heterocycles. The Labute approximate surface area is 150 Å². The van der Waals surface area contributed by atoms with Crippen LogP contribution in [0.25, 0.3) is 54.0 Å². The largest absolute Gasteiger partial charge is 0.256 e. The van der Waals surface area contributed by atoms with Gasteiger partial charge >= 0.3 is 0 Å². The Morgan fingerprint density at radius 2 is 1.00 bits per heavy atom. The van der Waals surface area contributed by atoms with Gasteiger partial charge in [0.1, 0.15) is 0 Å². The van der Waals surface area contributed by atoms with E-state index in [4.69, 9.17) is 4.98 Å². The van der Waals surface area contributed by atoms with Crippen LogP contribution in [0.15, 0.2) is 91.1 Å². The predicted octanol–water partition coefficient (Wildman–Crippen LogP) is 6.85. The van der Waals surface area contributed by atoms with Crippen molar-refractivity contribution >= 4 is 54.0 Å². The molecule has 1 nitrogen and oxygen atoms in total. The summed E-state index contributed by atoms with van der Waals surface area (Å²) in [5.41, 5.74) is 1.09. The molecule has 6 rings (SSSR count). The van der Waals surface area contributed by atoms with Crippen LogP contribution >= 0.6 is 0 Å². The maximum atomic E-state index is 4.82. The number of aromatic nitrogens is 1. The number of rotatable bonds is 0. The van der Waals surface area contributed by atoms with Crippen LogP contribution in [0.1, 0.15) is 0 Å². The van der Waals surface area contributed by atoms with E-state index in [2.05, 4.69) is 78.9 Å². The highest BCUT2D eigenvalue weighted by Crippen LogP contribution is 2.40. The Kier molecular flexibility index (Phi) is 2.67. The molecule has 0 amide bonds. The summed E-state index contributed by atoms with van der Waals surface area (Å²) in [6, 6.07) is 30.4. The van der Waals surface area contributed by atoms with Crippen LogP contribution < -0.4 is 0 Å². The molecular weight excluding hydrogens is 314 g/mol. The average molecular weight is 329 g/mol. The first kappa shape index (κ1) is 13.8. The number of fused-ring (bicyclic) bond motifs is 10. The first-order valence-electron chi connectivity index (χ1n) is 8.91. The topological polar surface area (TPSA) is 12.9 Å². The zero-order chi connectivity index (χ0) is 17.1. The molecule has 0 aliphatic heterocycles. The molecule has 0 aliphatic carbocycles. The quantitative estimate of drug-likeness (QED) is 0.278. The molecule has 5 aromatic carbocycles. The maximum Gasteiger partial charge on any atom is 0.0793 e. The van der Waals surface area contributed by atoms with E-state index in [0.717, 1.165) is 5.52 Å². The molecule has 0 unspecified atom stereocenters. The summed E-state index contributed by atoms with van der Waals surface area (Å²) >= 11 is 0. The third kappa shape index (κ3) is 1.72. The van der Waals surface area contributed by atoms with Gasteiger partial charge in [0.05, 0.1) is 5.52 Å². The minimum atomic E-state index is 1.09. The van der Waals surface area contributed by atoms with E-state index >= 15 is 0 Å². The highest BCUT2D eigenvalue weighted by Gasteiger charge is 2.13. The van der Waals surface area contributed by atoms with Crippen LogP contribution in [0.3, 0.4) is 0 Å². The van der Waals surface area contributed by atoms with Crippen molar-refractivity contribution in [1.29, 1.82) is 0 Å². The highest BCUT2D eigenvalue weighted by molar-refractivity contribution is 6.34. The monoisotopic (exact) mass is 329 g/mol. The summed E-state index contributed by atoms with van der Waals surface area (Å²) in [5.74, 6) is 0. The number of hydrogen-bond donors (Lipinski definition) is 0. The van der Waals surface area contributed by atoms with Gasteiger partial charge in [0.25, 0.3) is 0 Å². The van der Waals surface area contributed by atoms with Crippen LogP contribution in [0.2, 0.25) is 0 Å². The van der Waals surface area contributed by atoms with E-state index in [0.29, 0.717) is 0 Å². The summed E-state index contributed by atoms with van der Waals surface area (Å²) in [4.78, 5) is 4.82. The van der Waals surface area contributed by atoms with Gasteiger partial charge in [-0.05, 0) is 43.8 Å². The van der Waals surface area contributed by atoms with Crippen molar-refractivity contribution in [3.8, 4) is 0 Å². The Morgan fingerprint density at radius 3 is 1.73 bits per heavy atom. The number of hydrogen-bond acceptors (Lipinski definition) is 1. The molecule has 1 heteroatoms. The highest BCUT2D eigenvalue weighted by atomic mass is 14.6. The van der Waals surface area contributed by atoms with Crippen LogP contribution in [0.4, 0.5) is 0 Å². The summed E-state index contributed by atoms with van der Waals surface area (Å²) < 4.78 is 0. The fourth-order valence-electron chi connectivity index (χ4n) is 4.34. The summed E-state index contributed by atoms with van der Waals surface area (Å²) in [5, 5.41) is 11.4. The van der Waals surface area contributed by atoms with Crippen molar-refractivity contribution in [2.24, 2.45) is 0 Å².